The van der Waals surface area contributed by atoms with Crippen LogP contribution in [0.5, 0.6) is 0 Å². The maximum Gasteiger partial charge on any atom is 0.321 e. The number of sulfonamides is 1. The smallest absolute Gasteiger partial charge is 0.321 e. The SMILES string of the molecule is C[C@@H]1CN(S(=O)(=O)c2ccccc2)[C@@H](C)N1C(=O)N1CCOCC1. The Kier molecular flexibility index (Phi) is 4.80. The normalized spacial score (nSPS) is 25.9. The van der Waals surface area contributed by atoms with E-state index in [1.54, 1.807) is 47.1 Å². The summed E-state index contributed by atoms with van der Waals surface area (Å²) in [7, 11) is -3.62. The quantitative estimate of drug-likeness (QED) is 0.801. The zero-order valence-corrected chi connectivity index (χ0v) is 14.8. The number of ether oxygens (including phenoxy) is 1. The number of hydrogen-bond acceptors (Lipinski definition) is 4. The van der Waals surface area contributed by atoms with Crippen molar-refractivity contribution < 1.29 is 17.9 Å². The lowest BCUT2D eigenvalue weighted by atomic mass is 10.3. The third kappa shape index (κ3) is 3.01. The monoisotopic (exact) mass is 353 g/mol. The molecule has 0 radical (unpaired) electrons. The molecule has 24 heavy (non-hydrogen) atoms. The van der Waals surface area contributed by atoms with Crippen molar-refractivity contribution in [3.8, 4) is 0 Å². The molecule has 0 saturated carbocycles. The highest BCUT2D eigenvalue weighted by Crippen LogP contribution is 2.28. The van der Waals surface area contributed by atoms with Crippen LogP contribution < -0.4 is 0 Å². The summed E-state index contributed by atoms with van der Waals surface area (Å²) in [5.74, 6) is 0. The Hall–Kier alpha value is -1.64. The van der Waals surface area contributed by atoms with Gasteiger partial charge in [0.25, 0.3) is 0 Å². The first-order chi connectivity index (χ1) is 11.4. The van der Waals surface area contributed by atoms with Crippen molar-refractivity contribution in [2.24, 2.45) is 0 Å². The van der Waals surface area contributed by atoms with Crippen molar-refractivity contribution in [2.45, 2.75) is 31.0 Å². The molecule has 132 valence electrons. The number of morpholine rings is 1. The van der Waals surface area contributed by atoms with Gasteiger partial charge in [-0.2, -0.15) is 4.31 Å². The van der Waals surface area contributed by atoms with E-state index in [0.29, 0.717) is 32.8 Å². The fourth-order valence-electron chi connectivity index (χ4n) is 3.30. The van der Waals surface area contributed by atoms with Gasteiger partial charge in [-0.3, -0.25) is 0 Å². The Bertz CT molecular complexity index is 689. The number of urea groups is 1. The molecule has 0 aliphatic carbocycles. The zero-order valence-electron chi connectivity index (χ0n) is 14.0. The summed E-state index contributed by atoms with van der Waals surface area (Å²) >= 11 is 0. The van der Waals surface area contributed by atoms with Crippen LogP contribution in [0.2, 0.25) is 0 Å². The van der Waals surface area contributed by atoms with Crippen LogP contribution in [0.25, 0.3) is 0 Å². The Labute approximate surface area is 142 Å². The third-order valence-corrected chi connectivity index (χ3v) is 6.53. The molecule has 8 heteroatoms. The predicted octanol–water partition coefficient (Wildman–Crippen LogP) is 1.18. The van der Waals surface area contributed by atoms with E-state index in [0.717, 1.165) is 0 Å². The number of carbonyl (C=O) groups excluding carboxylic acids is 1. The van der Waals surface area contributed by atoms with Crippen LogP contribution in [-0.2, 0) is 14.8 Å². The van der Waals surface area contributed by atoms with Crippen LogP contribution in [0.15, 0.2) is 35.2 Å². The van der Waals surface area contributed by atoms with Gasteiger partial charge in [0.2, 0.25) is 10.0 Å². The van der Waals surface area contributed by atoms with Crippen molar-refractivity contribution in [2.75, 3.05) is 32.8 Å². The fourth-order valence-corrected chi connectivity index (χ4v) is 4.99. The second-order valence-corrected chi connectivity index (χ2v) is 8.05. The van der Waals surface area contributed by atoms with Gasteiger partial charge in [-0.05, 0) is 26.0 Å². The highest BCUT2D eigenvalue weighted by Gasteiger charge is 2.45. The first kappa shape index (κ1) is 17.2. The van der Waals surface area contributed by atoms with Crippen LogP contribution in [-0.4, -0.2) is 73.6 Å². The average molecular weight is 353 g/mol. The lowest BCUT2D eigenvalue weighted by Gasteiger charge is -2.35. The van der Waals surface area contributed by atoms with Gasteiger partial charge in [0.1, 0.15) is 0 Å². The molecule has 2 saturated heterocycles. The molecule has 2 heterocycles. The standard InChI is InChI=1S/C16H23N3O4S/c1-13-12-18(24(21,22)15-6-4-3-5-7-15)14(2)19(13)16(20)17-8-10-23-11-9-17/h3-7,13-14H,8-12H2,1-2H3/t13-,14-/m1/s1. The van der Waals surface area contributed by atoms with Gasteiger partial charge in [-0.25, -0.2) is 13.2 Å². The van der Waals surface area contributed by atoms with Gasteiger partial charge in [0, 0.05) is 25.7 Å². The highest BCUT2D eigenvalue weighted by atomic mass is 32.2. The van der Waals surface area contributed by atoms with E-state index in [9.17, 15) is 13.2 Å². The first-order valence-electron chi connectivity index (χ1n) is 8.15. The molecule has 7 nitrogen and oxygen atoms in total. The van der Waals surface area contributed by atoms with E-state index >= 15 is 0 Å². The van der Waals surface area contributed by atoms with Gasteiger partial charge < -0.3 is 14.5 Å². The second-order valence-electron chi connectivity index (χ2n) is 6.16. The molecule has 2 atom stereocenters. The molecule has 3 rings (SSSR count). The summed E-state index contributed by atoms with van der Waals surface area (Å²) in [6, 6.07) is 8.06. The highest BCUT2D eigenvalue weighted by molar-refractivity contribution is 7.89. The van der Waals surface area contributed by atoms with Crippen LogP contribution in [0.1, 0.15) is 13.8 Å². The largest absolute Gasteiger partial charge is 0.378 e. The molecule has 0 aromatic heterocycles. The van der Waals surface area contributed by atoms with Crippen molar-refractivity contribution in [3.05, 3.63) is 30.3 Å². The number of benzene rings is 1. The minimum Gasteiger partial charge on any atom is -0.378 e. The third-order valence-electron chi connectivity index (χ3n) is 4.59. The van der Waals surface area contributed by atoms with Gasteiger partial charge in [0.15, 0.2) is 0 Å². The number of rotatable bonds is 2. The van der Waals surface area contributed by atoms with Crippen molar-refractivity contribution in [1.82, 2.24) is 14.1 Å². The van der Waals surface area contributed by atoms with Crippen molar-refractivity contribution in [1.29, 1.82) is 0 Å². The maximum absolute atomic E-state index is 12.9. The van der Waals surface area contributed by atoms with Gasteiger partial charge in [-0.1, -0.05) is 18.2 Å². The number of carbonyl (C=O) groups is 1. The lowest BCUT2D eigenvalue weighted by Crippen LogP contribution is -2.52. The Morgan fingerprint density at radius 2 is 1.75 bits per heavy atom. The number of hydrogen-bond donors (Lipinski definition) is 0. The van der Waals surface area contributed by atoms with E-state index in [2.05, 4.69) is 0 Å². The maximum atomic E-state index is 12.9. The topological polar surface area (TPSA) is 70.2 Å². The molecule has 2 fully saturated rings. The molecule has 0 spiro atoms. The molecular formula is C16H23N3O4S. The van der Waals surface area contributed by atoms with Gasteiger partial charge >= 0.3 is 6.03 Å². The summed E-state index contributed by atoms with van der Waals surface area (Å²) in [6.07, 6.45) is -0.513. The van der Waals surface area contributed by atoms with Crippen molar-refractivity contribution >= 4 is 16.1 Å². The molecular weight excluding hydrogens is 330 g/mol. The van der Waals surface area contributed by atoms with E-state index in [-0.39, 0.29) is 17.0 Å². The molecule has 2 amide bonds. The summed E-state index contributed by atoms with van der Waals surface area (Å²) < 4.78 is 32.5. The number of amides is 2. The Morgan fingerprint density at radius 3 is 2.38 bits per heavy atom. The van der Waals surface area contributed by atoms with E-state index in [1.807, 2.05) is 6.92 Å². The van der Waals surface area contributed by atoms with Gasteiger partial charge in [0.05, 0.1) is 24.3 Å². The van der Waals surface area contributed by atoms with Crippen LogP contribution in [0.4, 0.5) is 4.79 Å². The van der Waals surface area contributed by atoms with Crippen LogP contribution in [0, 0.1) is 0 Å². The lowest BCUT2D eigenvalue weighted by molar-refractivity contribution is 0.0382. The molecule has 0 bridgehead atoms. The zero-order chi connectivity index (χ0) is 17.3. The molecule has 1 aromatic carbocycles. The second kappa shape index (κ2) is 6.70. The number of nitrogens with zero attached hydrogens (tertiary/aromatic N) is 3. The minimum absolute atomic E-state index is 0.121. The summed E-state index contributed by atoms with van der Waals surface area (Å²) in [5.41, 5.74) is 0. The molecule has 0 unspecified atom stereocenters. The molecule has 1 aromatic rings. The minimum atomic E-state index is -3.62. The van der Waals surface area contributed by atoms with Crippen molar-refractivity contribution in [3.63, 3.8) is 0 Å². The molecule has 0 N–H and O–H groups in total. The molecule has 2 aliphatic rings. The summed E-state index contributed by atoms with van der Waals surface area (Å²) in [6.45, 7) is 6.08. The van der Waals surface area contributed by atoms with Gasteiger partial charge in [-0.15, -0.1) is 0 Å². The molecule has 2 aliphatic heterocycles. The summed E-state index contributed by atoms with van der Waals surface area (Å²) in [5, 5.41) is 0. The van der Waals surface area contributed by atoms with E-state index in [4.69, 9.17) is 4.74 Å². The summed E-state index contributed by atoms with van der Waals surface area (Å²) in [4.78, 5) is 16.4. The predicted molar refractivity (Wildman–Crippen MR) is 88.9 cm³/mol. The van der Waals surface area contributed by atoms with E-state index in [1.165, 1.54) is 4.31 Å². The average Bonchev–Trinajstić information content (AvgIpc) is 2.91. The Morgan fingerprint density at radius 1 is 1.12 bits per heavy atom. The fraction of sp³-hybridized carbons (Fsp3) is 0.562. The van der Waals surface area contributed by atoms with Crippen LogP contribution >= 0.6 is 0 Å². The van der Waals surface area contributed by atoms with Crippen LogP contribution in [0.3, 0.4) is 0 Å². The Balaban J connectivity index is 1.82. The first-order valence-corrected chi connectivity index (χ1v) is 9.59. The van der Waals surface area contributed by atoms with E-state index < -0.39 is 16.2 Å².